The molecule has 1 heterocycles. The first kappa shape index (κ1) is 13.6. The van der Waals surface area contributed by atoms with E-state index in [4.69, 9.17) is 0 Å². The molecule has 0 aliphatic rings. The monoisotopic (exact) mass is 254 g/mol. The van der Waals surface area contributed by atoms with Gasteiger partial charge in [0.05, 0.1) is 19.9 Å². The van der Waals surface area contributed by atoms with E-state index in [0.29, 0.717) is 0 Å². The summed E-state index contributed by atoms with van der Waals surface area (Å²) in [4.78, 5) is 11.8. The number of carbonyl (C=O) groups is 1. The Labute approximate surface area is 115 Å². The van der Waals surface area contributed by atoms with Gasteiger partial charge in [-0.2, -0.15) is 13.1 Å². The molecular weight excluding hydrogens is 235 g/mol. The van der Waals surface area contributed by atoms with Gasteiger partial charge in [-0.1, -0.05) is 42.3 Å². The number of hydrogen-bond donors (Lipinski definition) is 0. The molecule has 0 fully saturated rings. The maximum Gasteiger partial charge on any atom is 0.125 e. The van der Waals surface area contributed by atoms with Crippen LogP contribution in [0.2, 0.25) is 5.82 Å². The predicted octanol–water partition coefficient (Wildman–Crippen LogP) is 0.799. The largest absolute Gasteiger partial charge is 0.304 e. The Kier molecular flexibility index (Phi) is 4.20. The van der Waals surface area contributed by atoms with Crippen molar-refractivity contribution in [2.24, 2.45) is 14.1 Å². The van der Waals surface area contributed by atoms with E-state index < -0.39 is 0 Å². The number of nitrogens with zero attached hydrogens (tertiary/aromatic N) is 2. The second kappa shape index (κ2) is 5.87. The second-order valence-corrected chi connectivity index (χ2v) is 4.95. The molecule has 1 aromatic carbocycles. The van der Waals surface area contributed by atoms with Crippen molar-refractivity contribution in [3.63, 3.8) is 0 Å². The van der Waals surface area contributed by atoms with Gasteiger partial charge >= 0.3 is 0 Å². The number of Topliss-reactive ketones (excluding diaryl/α,β-unsaturated/α-hetero) is 1. The van der Waals surface area contributed by atoms with Crippen molar-refractivity contribution in [2.75, 3.05) is 0 Å². The Bertz CT molecular complexity index is 543. The topological polar surface area (TPSA) is 25.9 Å². The van der Waals surface area contributed by atoms with E-state index in [1.165, 1.54) is 5.56 Å². The zero-order valence-electron chi connectivity index (χ0n) is 11.7. The summed E-state index contributed by atoms with van der Waals surface area (Å²) in [7, 11) is 6.03. The van der Waals surface area contributed by atoms with Crippen molar-refractivity contribution < 1.29 is 9.36 Å². The van der Waals surface area contributed by atoms with Crippen LogP contribution in [-0.4, -0.2) is 17.6 Å². The molecule has 1 unspecified atom stereocenters. The number of aromatic nitrogens is 2. The molecule has 1 atom stereocenters. The highest BCUT2D eigenvalue weighted by atomic mass is 16.1. The van der Waals surface area contributed by atoms with E-state index in [2.05, 4.69) is 19.4 Å². The normalized spacial score (nSPS) is 12.4. The maximum absolute atomic E-state index is 11.8. The number of carbonyl (C=O) groups excluding carboxylic acids is 1. The van der Waals surface area contributed by atoms with Gasteiger partial charge in [0.1, 0.15) is 12.4 Å². The van der Waals surface area contributed by atoms with E-state index >= 15 is 0 Å². The first-order valence-electron chi connectivity index (χ1n) is 6.48. The molecule has 0 spiro atoms. The van der Waals surface area contributed by atoms with E-state index in [1.807, 2.05) is 53.8 Å². The van der Waals surface area contributed by atoms with Gasteiger partial charge in [-0.15, -0.1) is 0 Å². The number of rotatable bonds is 5. The molecule has 19 heavy (non-hydrogen) atoms. The highest BCUT2D eigenvalue weighted by Crippen LogP contribution is 2.13. The minimum atomic E-state index is -0.0813. The van der Waals surface area contributed by atoms with Crippen LogP contribution in [0.5, 0.6) is 0 Å². The molecule has 0 bridgehead atoms. The van der Waals surface area contributed by atoms with Gasteiger partial charge < -0.3 is 4.79 Å². The fourth-order valence-corrected chi connectivity index (χ4v) is 2.20. The summed E-state index contributed by atoms with van der Waals surface area (Å²) in [6, 6.07) is 10.1. The molecule has 0 saturated carbocycles. The smallest absolute Gasteiger partial charge is 0.125 e. The molecule has 2 aromatic rings. The summed E-state index contributed by atoms with van der Waals surface area (Å²) in [6.45, 7) is 1.66. The van der Waals surface area contributed by atoms with Gasteiger partial charge in [-0.25, -0.2) is 0 Å². The van der Waals surface area contributed by atoms with Crippen LogP contribution >= 0.6 is 0 Å². The van der Waals surface area contributed by atoms with Crippen molar-refractivity contribution in [1.82, 2.24) is 4.57 Å². The van der Waals surface area contributed by atoms with Crippen LogP contribution < -0.4 is 10.3 Å². The summed E-state index contributed by atoms with van der Waals surface area (Å²) in [5.41, 5.74) is 2.24. The standard InChI is InChI=1S/C15H19BN2O/c1-12(19)14(11-13-7-5-4-6-8-13)16-15-17(2)9-10-18(15)3/h4-10,14H,11H2,1-3H3. The Hall–Kier alpha value is -1.84. The lowest BCUT2D eigenvalue weighted by molar-refractivity contribution is -0.653. The summed E-state index contributed by atoms with van der Waals surface area (Å²) in [5, 5.41) is 0. The van der Waals surface area contributed by atoms with E-state index in [9.17, 15) is 4.79 Å². The first-order chi connectivity index (χ1) is 9.08. The average Bonchev–Trinajstić information content (AvgIpc) is 2.70. The number of imidazole rings is 1. The highest BCUT2D eigenvalue weighted by molar-refractivity contribution is 6.56. The fraction of sp³-hybridized carbons (Fsp3) is 0.333. The second-order valence-electron chi connectivity index (χ2n) is 4.95. The molecular formula is C15H19BN2O. The lowest BCUT2D eigenvalue weighted by atomic mass is 9.59. The molecule has 98 valence electrons. The van der Waals surface area contributed by atoms with Crippen LogP contribution in [0.3, 0.4) is 0 Å². The third-order valence-electron chi connectivity index (χ3n) is 3.41. The van der Waals surface area contributed by atoms with Crippen LogP contribution in [0.15, 0.2) is 42.7 Å². The molecule has 0 aliphatic carbocycles. The molecule has 1 aromatic heterocycles. The molecule has 0 amide bonds. The first-order valence-corrected chi connectivity index (χ1v) is 6.48. The SMILES string of the molecule is CC(=O)C([B-]c1n(C)cc[n+]1C)Cc1ccccc1. The lowest BCUT2D eigenvalue weighted by Crippen LogP contribution is -2.51. The zero-order valence-corrected chi connectivity index (χ0v) is 11.7. The van der Waals surface area contributed by atoms with E-state index in [0.717, 1.165) is 12.1 Å². The van der Waals surface area contributed by atoms with E-state index in [-0.39, 0.29) is 11.6 Å². The van der Waals surface area contributed by atoms with Gasteiger partial charge in [0.15, 0.2) is 0 Å². The Balaban J connectivity index is 2.16. The summed E-state index contributed by atoms with van der Waals surface area (Å²) < 4.78 is 4.06. The maximum atomic E-state index is 11.8. The van der Waals surface area contributed by atoms with Crippen LogP contribution in [0.1, 0.15) is 12.5 Å². The fourth-order valence-electron chi connectivity index (χ4n) is 2.20. The molecule has 0 N–H and O–H groups in total. The summed E-state index contributed by atoms with van der Waals surface area (Å²) >= 11 is 0. The van der Waals surface area contributed by atoms with Crippen molar-refractivity contribution in [1.29, 1.82) is 0 Å². The van der Waals surface area contributed by atoms with Crippen LogP contribution in [0.4, 0.5) is 0 Å². The number of hydrogen-bond acceptors (Lipinski definition) is 1. The van der Waals surface area contributed by atoms with Crippen molar-refractivity contribution in [2.45, 2.75) is 19.2 Å². The minimum absolute atomic E-state index is 0.0813. The summed E-state index contributed by atoms with van der Waals surface area (Å²) in [5.74, 6) is 0.118. The molecule has 3 nitrogen and oxygen atoms in total. The summed E-state index contributed by atoms with van der Waals surface area (Å²) in [6.07, 6.45) is 4.73. The van der Waals surface area contributed by atoms with Gasteiger partial charge in [-0.3, -0.25) is 9.13 Å². The quantitative estimate of drug-likeness (QED) is 0.572. The third-order valence-corrected chi connectivity index (χ3v) is 3.41. The van der Waals surface area contributed by atoms with Gasteiger partial charge in [0, 0.05) is 5.72 Å². The van der Waals surface area contributed by atoms with Crippen molar-refractivity contribution in [3.8, 4) is 0 Å². The zero-order chi connectivity index (χ0) is 13.8. The van der Waals surface area contributed by atoms with Crippen LogP contribution in [0.25, 0.3) is 0 Å². The Morgan fingerprint density at radius 2 is 2.05 bits per heavy atom. The number of aryl methyl sites for hydroxylation is 2. The molecule has 0 saturated heterocycles. The lowest BCUT2D eigenvalue weighted by Gasteiger charge is -2.24. The van der Waals surface area contributed by atoms with Gasteiger partial charge in [-0.05, 0) is 6.92 Å². The third kappa shape index (κ3) is 3.34. The highest BCUT2D eigenvalue weighted by Gasteiger charge is 2.10. The number of ketones is 1. The molecule has 2 rings (SSSR count). The van der Waals surface area contributed by atoms with E-state index in [1.54, 1.807) is 6.92 Å². The van der Waals surface area contributed by atoms with Gasteiger partial charge in [0.25, 0.3) is 0 Å². The van der Waals surface area contributed by atoms with Crippen LogP contribution in [0, 0.1) is 0 Å². The Morgan fingerprint density at radius 3 is 2.58 bits per heavy atom. The number of benzene rings is 1. The van der Waals surface area contributed by atoms with Gasteiger partial charge in [0.2, 0.25) is 0 Å². The minimum Gasteiger partial charge on any atom is -0.304 e. The predicted molar refractivity (Wildman–Crippen MR) is 76.6 cm³/mol. The van der Waals surface area contributed by atoms with Crippen LogP contribution in [-0.2, 0) is 25.3 Å². The van der Waals surface area contributed by atoms with Crippen molar-refractivity contribution >= 4 is 18.8 Å². The molecule has 0 aliphatic heterocycles. The molecule has 4 heteroatoms. The average molecular weight is 254 g/mol. The molecule has 2 radical (unpaired) electrons. The Morgan fingerprint density at radius 1 is 1.37 bits per heavy atom. The van der Waals surface area contributed by atoms with Crippen molar-refractivity contribution in [3.05, 3.63) is 48.3 Å².